The molecule has 0 aromatic carbocycles. The third-order valence-electron chi connectivity index (χ3n) is 2.60. The monoisotopic (exact) mass is 340 g/mol. The zero-order valence-corrected chi connectivity index (χ0v) is 12.5. The fourth-order valence-corrected chi connectivity index (χ4v) is 2.02. The Morgan fingerprint density at radius 1 is 1.45 bits per heavy atom. The van der Waals surface area contributed by atoms with Gasteiger partial charge in [-0.2, -0.15) is 0 Å². The maximum absolute atomic E-state index is 12.0. The first-order valence-corrected chi connectivity index (χ1v) is 6.74. The topological polar surface area (TPSA) is 84.3 Å². The molecular weight excluding hydrogens is 328 g/mol. The lowest BCUT2D eigenvalue weighted by atomic mass is 10.2. The number of aromatic nitrogens is 1. The van der Waals surface area contributed by atoms with Crippen molar-refractivity contribution in [3.63, 3.8) is 0 Å². The molecule has 0 saturated heterocycles. The normalized spacial score (nSPS) is 10.3. The molecule has 20 heavy (non-hydrogen) atoms. The van der Waals surface area contributed by atoms with E-state index in [9.17, 15) is 9.59 Å². The summed E-state index contributed by atoms with van der Waals surface area (Å²) in [7, 11) is 0. The first-order chi connectivity index (χ1) is 9.52. The number of rotatable bonds is 4. The maximum Gasteiger partial charge on any atom is 0.342 e. The number of aromatic amines is 1. The molecule has 2 rings (SSSR count). The molecule has 0 saturated carbocycles. The largest absolute Gasteiger partial charge is 0.462 e. The molecule has 0 spiro atoms. The first kappa shape index (κ1) is 14.4. The number of anilines is 1. The molecule has 0 aliphatic carbocycles. The molecule has 6 nitrogen and oxygen atoms in total. The van der Waals surface area contributed by atoms with Crippen LogP contribution in [0.3, 0.4) is 0 Å². The Labute approximate surface area is 123 Å². The van der Waals surface area contributed by atoms with Gasteiger partial charge in [0.05, 0.1) is 12.3 Å². The van der Waals surface area contributed by atoms with Crippen LogP contribution in [-0.4, -0.2) is 23.5 Å². The van der Waals surface area contributed by atoms with Crippen molar-refractivity contribution >= 4 is 33.5 Å². The van der Waals surface area contributed by atoms with E-state index < -0.39 is 11.9 Å². The molecule has 0 radical (unpaired) electrons. The molecule has 0 aliphatic heterocycles. The number of carbonyl (C=O) groups excluding carboxylic acids is 2. The van der Waals surface area contributed by atoms with Crippen molar-refractivity contribution in [2.75, 3.05) is 11.9 Å². The molecule has 2 aromatic rings. The fraction of sp³-hybridized carbons (Fsp3) is 0.231. The number of nitrogens with one attached hydrogen (secondary N) is 2. The average molecular weight is 341 g/mol. The van der Waals surface area contributed by atoms with Crippen LogP contribution in [0.4, 0.5) is 5.69 Å². The molecule has 0 atom stereocenters. The van der Waals surface area contributed by atoms with Crippen LogP contribution in [0.1, 0.15) is 33.5 Å². The molecule has 2 aromatic heterocycles. The molecule has 2 N–H and O–H groups in total. The Kier molecular flexibility index (Phi) is 4.29. The van der Waals surface area contributed by atoms with Crippen LogP contribution >= 0.6 is 15.9 Å². The summed E-state index contributed by atoms with van der Waals surface area (Å²) in [6, 6.07) is 3.15. The van der Waals surface area contributed by atoms with Crippen molar-refractivity contribution in [3.8, 4) is 0 Å². The third kappa shape index (κ3) is 2.93. The number of halogens is 1. The minimum Gasteiger partial charge on any atom is -0.462 e. The molecule has 0 unspecified atom stereocenters. The number of carbonyl (C=O) groups is 2. The van der Waals surface area contributed by atoms with Gasteiger partial charge in [0, 0.05) is 11.9 Å². The van der Waals surface area contributed by atoms with Gasteiger partial charge in [0.15, 0.2) is 10.4 Å². The SMILES string of the molecule is CCOC(=O)c1c(NC(=O)c2ccc(Br)o2)c[nH]c1C. The van der Waals surface area contributed by atoms with Crippen molar-refractivity contribution in [3.05, 3.63) is 40.0 Å². The van der Waals surface area contributed by atoms with Gasteiger partial charge in [-0.25, -0.2) is 4.79 Å². The van der Waals surface area contributed by atoms with E-state index in [2.05, 4.69) is 26.2 Å². The standard InChI is InChI=1S/C13H13BrN2O4/c1-3-19-13(18)11-7(2)15-6-8(11)16-12(17)9-4-5-10(14)20-9/h4-6,15H,3H2,1-2H3,(H,16,17). The lowest BCUT2D eigenvalue weighted by molar-refractivity contribution is 0.0527. The van der Waals surface area contributed by atoms with E-state index in [1.165, 1.54) is 12.3 Å². The number of amides is 1. The highest BCUT2D eigenvalue weighted by Crippen LogP contribution is 2.22. The number of hydrogen-bond donors (Lipinski definition) is 2. The smallest absolute Gasteiger partial charge is 0.342 e. The van der Waals surface area contributed by atoms with Crippen LogP contribution in [0, 0.1) is 6.92 Å². The van der Waals surface area contributed by atoms with E-state index in [0.717, 1.165) is 0 Å². The van der Waals surface area contributed by atoms with Gasteiger partial charge in [0.2, 0.25) is 0 Å². The quantitative estimate of drug-likeness (QED) is 0.837. The van der Waals surface area contributed by atoms with E-state index in [0.29, 0.717) is 21.6 Å². The highest BCUT2D eigenvalue weighted by Gasteiger charge is 2.20. The van der Waals surface area contributed by atoms with E-state index in [-0.39, 0.29) is 12.4 Å². The second-order valence-electron chi connectivity index (χ2n) is 3.98. The van der Waals surface area contributed by atoms with E-state index in [1.54, 1.807) is 19.9 Å². The summed E-state index contributed by atoms with van der Waals surface area (Å²) in [6.07, 6.45) is 1.54. The molecule has 0 bridgehead atoms. The van der Waals surface area contributed by atoms with Gasteiger partial charge in [0.25, 0.3) is 5.91 Å². The van der Waals surface area contributed by atoms with Crippen molar-refractivity contribution in [1.29, 1.82) is 0 Å². The van der Waals surface area contributed by atoms with Crippen LogP contribution in [0.25, 0.3) is 0 Å². The summed E-state index contributed by atoms with van der Waals surface area (Å²) >= 11 is 3.12. The second-order valence-corrected chi connectivity index (χ2v) is 4.76. The molecule has 0 fully saturated rings. The van der Waals surface area contributed by atoms with Crippen molar-refractivity contribution < 1.29 is 18.7 Å². The lowest BCUT2D eigenvalue weighted by Gasteiger charge is -2.05. The van der Waals surface area contributed by atoms with Crippen LogP contribution in [-0.2, 0) is 4.74 Å². The Balaban J connectivity index is 2.22. The summed E-state index contributed by atoms with van der Waals surface area (Å²) in [6.45, 7) is 3.71. The number of esters is 1. The first-order valence-electron chi connectivity index (χ1n) is 5.94. The van der Waals surface area contributed by atoms with E-state index >= 15 is 0 Å². The van der Waals surface area contributed by atoms with E-state index in [4.69, 9.17) is 9.15 Å². The van der Waals surface area contributed by atoms with Gasteiger partial charge in [-0.05, 0) is 41.9 Å². The lowest BCUT2D eigenvalue weighted by Crippen LogP contribution is -2.14. The van der Waals surface area contributed by atoms with Crippen molar-refractivity contribution in [2.45, 2.75) is 13.8 Å². The summed E-state index contributed by atoms with van der Waals surface area (Å²) in [5, 5.41) is 2.61. The number of ether oxygens (including phenoxy) is 1. The van der Waals surface area contributed by atoms with Gasteiger partial charge in [0.1, 0.15) is 5.56 Å². The molecule has 7 heteroatoms. The predicted molar refractivity (Wildman–Crippen MR) is 75.8 cm³/mol. The van der Waals surface area contributed by atoms with Gasteiger partial charge >= 0.3 is 5.97 Å². The van der Waals surface area contributed by atoms with Gasteiger partial charge in [-0.15, -0.1) is 0 Å². The van der Waals surface area contributed by atoms with Crippen LogP contribution in [0.5, 0.6) is 0 Å². The van der Waals surface area contributed by atoms with E-state index in [1.807, 2.05) is 0 Å². The van der Waals surface area contributed by atoms with Gasteiger partial charge in [-0.3, -0.25) is 4.79 Å². The highest BCUT2D eigenvalue weighted by atomic mass is 79.9. The molecule has 1 amide bonds. The Morgan fingerprint density at radius 3 is 2.80 bits per heavy atom. The summed E-state index contributed by atoms with van der Waals surface area (Å²) < 4.78 is 10.6. The van der Waals surface area contributed by atoms with Gasteiger partial charge < -0.3 is 19.5 Å². The number of furan rings is 1. The Hall–Kier alpha value is -2.02. The zero-order chi connectivity index (χ0) is 14.7. The molecular formula is C13H13BrN2O4. The fourth-order valence-electron chi connectivity index (χ4n) is 1.71. The van der Waals surface area contributed by atoms with Crippen molar-refractivity contribution in [2.24, 2.45) is 0 Å². The average Bonchev–Trinajstić information content (AvgIpc) is 2.96. The zero-order valence-electron chi connectivity index (χ0n) is 11.0. The molecule has 0 aliphatic rings. The maximum atomic E-state index is 12.0. The minimum absolute atomic E-state index is 0.144. The summed E-state index contributed by atoms with van der Waals surface area (Å²) in [4.78, 5) is 26.7. The van der Waals surface area contributed by atoms with Crippen molar-refractivity contribution in [1.82, 2.24) is 4.98 Å². The van der Waals surface area contributed by atoms with Gasteiger partial charge in [-0.1, -0.05) is 0 Å². The number of H-pyrrole nitrogens is 1. The second kappa shape index (κ2) is 5.96. The number of hydrogen-bond acceptors (Lipinski definition) is 4. The minimum atomic E-state index is -0.484. The van der Waals surface area contributed by atoms with Crippen LogP contribution < -0.4 is 5.32 Å². The number of aryl methyl sites for hydroxylation is 1. The third-order valence-corrected chi connectivity index (χ3v) is 3.03. The molecule has 106 valence electrons. The Bertz CT molecular complexity index is 645. The van der Waals surface area contributed by atoms with Crippen LogP contribution in [0.2, 0.25) is 0 Å². The Morgan fingerprint density at radius 2 is 2.20 bits per heavy atom. The highest BCUT2D eigenvalue weighted by molar-refractivity contribution is 9.10. The molecule has 2 heterocycles. The predicted octanol–water partition coefficient (Wildman–Crippen LogP) is 3.11. The summed E-state index contributed by atoms with van der Waals surface area (Å²) in [5.41, 5.74) is 1.30. The van der Waals surface area contributed by atoms with Crippen LogP contribution in [0.15, 0.2) is 27.4 Å². The summed E-state index contributed by atoms with van der Waals surface area (Å²) in [5.74, 6) is -0.784.